The van der Waals surface area contributed by atoms with Crippen molar-refractivity contribution in [2.75, 3.05) is 18.6 Å². The molecule has 1 fully saturated rings. The molecule has 0 amide bonds. The van der Waals surface area contributed by atoms with Gasteiger partial charge in [0.1, 0.15) is 5.52 Å². The molecule has 0 radical (unpaired) electrons. The van der Waals surface area contributed by atoms with Crippen molar-refractivity contribution in [1.82, 2.24) is 19.9 Å². The van der Waals surface area contributed by atoms with Crippen LogP contribution in [0.25, 0.3) is 11.2 Å². The van der Waals surface area contributed by atoms with E-state index in [4.69, 9.17) is 16.3 Å². The zero-order valence-electron chi connectivity index (χ0n) is 10.9. The molecule has 3 rings (SSSR count). The summed E-state index contributed by atoms with van der Waals surface area (Å²) < 4.78 is 5.44. The highest BCUT2D eigenvalue weighted by atomic mass is 35.5. The molecular weight excluding hydrogens is 266 g/mol. The predicted octanol–water partition coefficient (Wildman–Crippen LogP) is 2.01. The third kappa shape index (κ3) is 2.26. The molecule has 1 aliphatic heterocycles. The van der Waals surface area contributed by atoms with E-state index >= 15 is 0 Å². The van der Waals surface area contributed by atoms with Crippen LogP contribution in [0.2, 0.25) is 5.28 Å². The number of H-pyrrole nitrogens is 1. The van der Waals surface area contributed by atoms with Crippen LogP contribution in [0.1, 0.15) is 19.8 Å². The Kier molecular flexibility index (Phi) is 3.28. The fourth-order valence-electron chi connectivity index (χ4n) is 2.66. The van der Waals surface area contributed by atoms with Gasteiger partial charge in [-0.1, -0.05) is 0 Å². The monoisotopic (exact) mass is 281 g/mol. The number of aromatic amines is 1. The Balaban J connectivity index is 1.98. The van der Waals surface area contributed by atoms with Gasteiger partial charge in [0.2, 0.25) is 5.28 Å². The summed E-state index contributed by atoms with van der Waals surface area (Å²) in [6, 6.07) is 0.344. The first kappa shape index (κ1) is 12.6. The molecule has 1 N–H and O–H groups in total. The molecular formula is C12H16ClN5O. The second-order valence-electron chi connectivity index (χ2n) is 4.84. The van der Waals surface area contributed by atoms with Gasteiger partial charge in [0.25, 0.3) is 0 Å². The Morgan fingerprint density at radius 1 is 1.47 bits per heavy atom. The normalized spacial score (nSPS) is 24.1. The fourth-order valence-corrected chi connectivity index (χ4v) is 2.82. The van der Waals surface area contributed by atoms with Crippen molar-refractivity contribution in [3.05, 3.63) is 11.6 Å². The van der Waals surface area contributed by atoms with E-state index < -0.39 is 0 Å². The average Bonchev–Trinajstić information content (AvgIpc) is 2.85. The molecule has 2 aromatic rings. The molecule has 2 aromatic heterocycles. The molecule has 102 valence electrons. The van der Waals surface area contributed by atoms with Gasteiger partial charge >= 0.3 is 0 Å². The van der Waals surface area contributed by atoms with Crippen LogP contribution in [0.5, 0.6) is 0 Å². The number of aromatic nitrogens is 4. The van der Waals surface area contributed by atoms with Gasteiger partial charge in [-0.15, -0.1) is 0 Å². The lowest BCUT2D eigenvalue weighted by molar-refractivity contribution is 0.0720. The van der Waals surface area contributed by atoms with Gasteiger partial charge in [-0.3, -0.25) is 0 Å². The molecule has 6 nitrogen and oxygen atoms in total. The minimum absolute atomic E-state index is 0.232. The summed E-state index contributed by atoms with van der Waals surface area (Å²) in [4.78, 5) is 18.0. The van der Waals surface area contributed by atoms with Crippen LogP contribution in [0.15, 0.2) is 6.33 Å². The van der Waals surface area contributed by atoms with Crippen LogP contribution in [0.3, 0.4) is 0 Å². The van der Waals surface area contributed by atoms with E-state index in [9.17, 15) is 0 Å². The molecule has 1 aliphatic rings. The molecule has 2 atom stereocenters. The van der Waals surface area contributed by atoms with Crippen LogP contribution in [0, 0.1) is 0 Å². The zero-order chi connectivity index (χ0) is 13.4. The Bertz CT molecular complexity index is 587. The van der Waals surface area contributed by atoms with Gasteiger partial charge in [0.15, 0.2) is 11.5 Å². The third-order valence-electron chi connectivity index (χ3n) is 3.67. The average molecular weight is 282 g/mol. The molecule has 0 aromatic carbocycles. The van der Waals surface area contributed by atoms with E-state index in [1.165, 1.54) is 0 Å². The first-order valence-corrected chi connectivity index (χ1v) is 6.73. The van der Waals surface area contributed by atoms with Crippen LogP contribution >= 0.6 is 11.6 Å². The second kappa shape index (κ2) is 4.94. The molecule has 0 aliphatic carbocycles. The van der Waals surface area contributed by atoms with Crippen molar-refractivity contribution < 1.29 is 4.74 Å². The SMILES string of the molecule is COC1CCN(c2nc(Cl)nc3nc[nH]c23)C(C)C1. The molecule has 7 heteroatoms. The topological polar surface area (TPSA) is 66.9 Å². The lowest BCUT2D eigenvalue weighted by Crippen LogP contribution is -2.43. The number of methoxy groups -OCH3 is 1. The molecule has 3 heterocycles. The van der Waals surface area contributed by atoms with Crippen molar-refractivity contribution in [3.8, 4) is 0 Å². The largest absolute Gasteiger partial charge is 0.381 e. The quantitative estimate of drug-likeness (QED) is 0.853. The summed E-state index contributed by atoms with van der Waals surface area (Å²) >= 11 is 5.98. The van der Waals surface area contributed by atoms with Gasteiger partial charge in [-0.2, -0.15) is 9.97 Å². The molecule has 0 saturated carbocycles. The van der Waals surface area contributed by atoms with Crippen LogP contribution < -0.4 is 4.90 Å². The number of piperidine rings is 1. The summed E-state index contributed by atoms with van der Waals surface area (Å²) in [6.07, 6.45) is 3.90. The Morgan fingerprint density at radius 2 is 2.32 bits per heavy atom. The number of ether oxygens (including phenoxy) is 1. The first-order chi connectivity index (χ1) is 9.19. The van der Waals surface area contributed by atoms with Crippen molar-refractivity contribution in [2.24, 2.45) is 0 Å². The molecule has 0 spiro atoms. The number of anilines is 1. The summed E-state index contributed by atoms with van der Waals surface area (Å²) in [5, 5.41) is 0.232. The highest BCUT2D eigenvalue weighted by Gasteiger charge is 2.28. The lowest BCUT2D eigenvalue weighted by Gasteiger charge is -2.37. The number of nitrogens with zero attached hydrogens (tertiary/aromatic N) is 4. The number of rotatable bonds is 2. The van der Waals surface area contributed by atoms with Crippen molar-refractivity contribution in [2.45, 2.75) is 31.9 Å². The maximum absolute atomic E-state index is 5.98. The van der Waals surface area contributed by atoms with Crippen LogP contribution in [-0.2, 0) is 4.74 Å². The minimum atomic E-state index is 0.232. The Hall–Kier alpha value is -1.40. The Labute approximate surface area is 116 Å². The summed E-state index contributed by atoms with van der Waals surface area (Å²) in [6.45, 7) is 3.06. The van der Waals surface area contributed by atoms with Gasteiger partial charge in [0.05, 0.1) is 12.4 Å². The number of hydrogen-bond donors (Lipinski definition) is 1. The van der Waals surface area contributed by atoms with E-state index in [1.54, 1.807) is 13.4 Å². The van der Waals surface area contributed by atoms with E-state index in [1.807, 2.05) is 0 Å². The van der Waals surface area contributed by atoms with Gasteiger partial charge in [-0.25, -0.2) is 4.98 Å². The fraction of sp³-hybridized carbons (Fsp3) is 0.583. The highest BCUT2D eigenvalue weighted by molar-refractivity contribution is 6.28. The lowest BCUT2D eigenvalue weighted by atomic mass is 10.0. The maximum Gasteiger partial charge on any atom is 0.226 e. The smallest absolute Gasteiger partial charge is 0.226 e. The summed E-state index contributed by atoms with van der Waals surface area (Å²) in [7, 11) is 1.77. The standard InChI is InChI=1S/C12H16ClN5O/c1-7-5-8(19-2)3-4-18(7)11-9-10(15-6-14-9)16-12(13)17-11/h6-8H,3-5H2,1-2H3,(H,14,15,16,17). The minimum Gasteiger partial charge on any atom is -0.381 e. The number of imidazole rings is 1. The van der Waals surface area contributed by atoms with E-state index in [0.29, 0.717) is 17.8 Å². The van der Waals surface area contributed by atoms with E-state index in [0.717, 1.165) is 30.7 Å². The van der Waals surface area contributed by atoms with E-state index in [2.05, 4.69) is 31.8 Å². The Morgan fingerprint density at radius 3 is 3.05 bits per heavy atom. The molecule has 0 bridgehead atoms. The molecule has 19 heavy (non-hydrogen) atoms. The third-order valence-corrected chi connectivity index (χ3v) is 3.84. The highest BCUT2D eigenvalue weighted by Crippen LogP contribution is 2.29. The van der Waals surface area contributed by atoms with E-state index in [-0.39, 0.29) is 5.28 Å². The van der Waals surface area contributed by atoms with Gasteiger partial charge in [-0.05, 0) is 31.4 Å². The summed E-state index contributed by atoms with van der Waals surface area (Å²) in [5.74, 6) is 0.828. The molecule has 2 unspecified atom stereocenters. The van der Waals surface area contributed by atoms with Crippen molar-refractivity contribution in [1.29, 1.82) is 0 Å². The van der Waals surface area contributed by atoms with Crippen LogP contribution in [0.4, 0.5) is 5.82 Å². The first-order valence-electron chi connectivity index (χ1n) is 6.35. The van der Waals surface area contributed by atoms with Gasteiger partial charge < -0.3 is 14.6 Å². The van der Waals surface area contributed by atoms with Crippen molar-refractivity contribution in [3.63, 3.8) is 0 Å². The van der Waals surface area contributed by atoms with Crippen molar-refractivity contribution >= 4 is 28.6 Å². The number of hydrogen-bond acceptors (Lipinski definition) is 5. The molecule has 1 saturated heterocycles. The zero-order valence-corrected chi connectivity index (χ0v) is 11.7. The summed E-state index contributed by atoms with van der Waals surface area (Å²) in [5.41, 5.74) is 1.45. The number of fused-ring (bicyclic) bond motifs is 1. The van der Waals surface area contributed by atoms with Crippen LogP contribution in [-0.4, -0.2) is 45.7 Å². The second-order valence-corrected chi connectivity index (χ2v) is 5.18. The van der Waals surface area contributed by atoms with Gasteiger partial charge in [0, 0.05) is 19.7 Å². The number of halogens is 1. The number of nitrogens with one attached hydrogen (secondary N) is 1. The predicted molar refractivity (Wildman–Crippen MR) is 73.5 cm³/mol. The maximum atomic E-state index is 5.98.